The second-order valence-electron chi connectivity index (χ2n) is 8.38. The maximum absolute atomic E-state index is 13.3. The van der Waals surface area contributed by atoms with Crippen LogP contribution in [0.3, 0.4) is 0 Å². The molecule has 0 fully saturated rings. The van der Waals surface area contributed by atoms with Gasteiger partial charge in [-0.2, -0.15) is 0 Å². The first-order valence-electron chi connectivity index (χ1n) is 11.7. The van der Waals surface area contributed by atoms with E-state index in [1.807, 2.05) is 72.8 Å². The SMILES string of the molecule is CCc1ccc(NC(=O)N(Cc2cccc(OC)c2)CC2CC(c3ccccc3OC)=NO2)cc1. The summed E-state index contributed by atoms with van der Waals surface area (Å²) in [6.07, 6.45) is 1.26. The number of hydrogen-bond acceptors (Lipinski definition) is 5. The third-order valence-electron chi connectivity index (χ3n) is 5.98. The van der Waals surface area contributed by atoms with Crippen LogP contribution in [0, 0.1) is 0 Å². The van der Waals surface area contributed by atoms with E-state index < -0.39 is 0 Å². The van der Waals surface area contributed by atoms with E-state index in [9.17, 15) is 4.79 Å². The van der Waals surface area contributed by atoms with E-state index in [1.54, 1.807) is 19.1 Å². The summed E-state index contributed by atoms with van der Waals surface area (Å²) in [4.78, 5) is 20.8. The number of ether oxygens (including phenoxy) is 2. The van der Waals surface area contributed by atoms with Crippen molar-refractivity contribution in [2.24, 2.45) is 5.16 Å². The number of rotatable bonds is 9. The lowest BCUT2D eigenvalue weighted by Crippen LogP contribution is -2.40. The van der Waals surface area contributed by atoms with E-state index in [-0.39, 0.29) is 12.1 Å². The fourth-order valence-corrected chi connectivity index (χ4v) is 4.05. The van der Waals surface area contributed by atoms with E-state index >= 15 is 0 Å². The van der Waals surface area contributed by atoms with E-state index in [0.717, 1.165) is 40.4 Å². The third kappa shape index (κ3) is 6.12. The highest BCUT2D eigenvalue weighted by molar-refractivity contribution is 6.03. The number of aryl methyl sites for hydroxylation is 1. The molecular formula is C28H31N3O4. The molecule has 4 rings (SSSR count). The number of carbonyl (C=O) groups excluding carboxylic acids is 1. The molecule has 0 bridgehead atoms. The van der Waals surface area contributed by atoms with Crippen molar-refractivity contribution in [3.05, 3.63) is 89.5 Å². The van der Waals surface area contributed by atoms with Gasteiger partial charge in [-0.05, 0) is 53.9 Å². The van der Waals surface area contributed by atoms with E-state index in [2.05, 4.69) is 17.4 Å². The Hall–Kier alpha value is -4.00. The number of carbonyl (C=O) groups is 1. The molecule has 0 saturated heterocycles. The topological polar surface area (TPSA) is 72.4 Å². The Morgan fingerprint density at radius 3 is 2.57 bits per heavy atom. The Balaban J connectivity index is 1.49. The van der Waals surface area contributed by atoms with Gasteiger partial charge in [0.1, 0.15) is 11.5 Å². The van der Waals surface area contributed by atoms with Crippen molar-refractivity contribution >= 4 is 17.4 Å². The fourth-order valence-electron chi connectivity index (χ4n) is 4.05. The molecule has 0 radical (unpaired) electrons. The second kappa shape index (κ2) is 11.4. The monoisotopic (exact) mass is 473 g/mol. The smallest absolute Gasteiger partial charge is 0.322 e. The zero-order valence-corrected chi connectivity index (χ0v) is 20.4. The zero-order valence-electron chi connectivity index (χ0n) is 20.4. The van der Waals surface area contributed by atoms with Gasteiger partial charge in [-0.15, -0.1) is 0 Å². The number of anilines is 1. The molecule has 0 aromatic heterocycles. The Morgan fingerprint density at radius 2 is 1.83 bits per heavy atom. The number of oxime groups is 1. The zero-order chi connectivity index (χ0) is 24.6. The summed E-state index contributed by atoms with van der Waals surface area (Å²) in [5.74, 6) is 1.49. The Morgan fingerprint density at radius 1 is 1.03 bits per heavy atom. The van der Waals surface area contributed by atoms with Gasteiger partial charge in [-0.1, -0.05) is 48.5 Å². The normalized spacial score (nSPS) is 14.6. The van der Waals surface area contributed by atoms with Crippen LogP contribution >= 0.6 is 0 Å². The second-order valence-corrected chi connectivity index (χ2v) is 8.38. The first kappa shape index (κ1) is 24.1. The molecule has 3 aromatic rings. The molecule has 1 N–H and O–H groups in total. The molecule has 1 aliphatic rings. The average molecular weight is 474 g/mol. The summed E-state index contributed by atoms with van der Waals surface area (Å²) in [5, 5.41) is 7.32. The highest BCUT2D eigenvalue weighted by Crippen LogP contribution is 2.25. The third-order valence-corrected chi connectivity index (χ3v) is 5.98. The highest BCUT2D eigenvalue weighted by Gasteiger charge is 2.28. The van der Waals surface area contributed by atoms with Crippen LogP contribution in [0.1, 0.15) is 30.0 Å². The van der Waals surface area contributed by atoms with E-state index in [0.29, 0.717) is 19.5 Å². The lowest BCUT2D eigenvalue weighted by atomic mass is 10.0. The quantitative estimate of drug-likeness (QED) is 0.446. The van der Waals surface area contributed by atoms with Crippen LogP contribution in [0.2, 0.25) is 0 Å². The number of para-hydroxylation sites is 1. The molecule has 1 atom stereocenters. The van der Waals surface area contributed by atoms with Gasteiger partial charge in [0.2, 0.25) is 0 Å². The molecule has 7 nitrogen and oxygen atoms in total. The number of hydrogen-bond donors (Lipinski definition) is 1. The lowest BCUT2D eigenvalue weighted by Gasteiger charge is -2.25. The summed E-state index contributed by atoms with van der Waals surface area (Å²) >= 11 is 0. The number of nitrogens with one attached hydrogen (secondary N) is 1. The van der Waals surface area contributed by atoms with E-state index in [4.69, 9.17) is 14.3 Å². The van der Waals surface area contributed by atoms with Gasteiger partial charge in [0.25, 0.3) is 0 Å². The van der Waals surface area contributed by atoms with Crippen molar-refractivity contribution in [2.45, 2.75) is 32.4 Å². The van der Waals surface area contributed by atoms with Crippen molar-refractivity contribution in [2.75, 3.05) is 26.1 Å². The molecule has 0 spiro atoms. The van der Waals surface area contributed by atoms with Crippen molar-refractivity contribution in [3.63, 3.8) is 0 Å². The summed E-state index contributed by atoms with van der Waals surface area (Å²) in [5.41, 5.74) is 4.64. The maximum atomic E-state index is 13.3. The van der Waals surface area contributed by atoms with Gasteiger partial charge in [-0.25, -0.2) is 4.79 Å². The summed E-state index contributed by atoms with van der Waals surface area (Å²) in [6.45, 7) is 2.88. The van der Waals surface area contributed by atoms with E-state index in [1.165, 1.54) is 5.56 Å². The van der Waals surface area contributed by atoms with Gasteiger partial charge in [0.05, 0.1) is 26.5 Å². The largest absolute Gasteiger partial charge is 0.497 e. The van der Waals surface area contributed by atoms with Crippen molar-refractivity contribution in [3.8, 4) is 11.5 Å². The van der Waals surface area contributed by atoms with Crippen LogP contribution in [0.4, 0.5) is 10.5 Å². The Bertz CT molecular complexity index is 1180. The number of benzene rings is 3. The van der Waals surface area contributed by atoms with Crippen LogP contribution in [0.15, 0.2) is 78.0 Å². The van der Waals surface area contributed by atoms with Gasteiger partial charge in [0.15, 0.2) is 6.10 Å². The molecule has 0 aliphatic carbocycles. The lowest BCUT2D eigenvalue weighted by molar-refractivity contribution is 0.0608. The molecule has 7 heteroatoms. The molecule has 1 unspecified atom stereocenters. The first-order valence-corrected chi connectivity index (χ1v) is 11.7. The Kier molecular flexibility index (Phi) is 7.88. The highest BCUT2D eigenvalue weighted by atomic mass is 16.6. The van der Waals surface area contributed by atoms with Crippen LogP contribution < -0.4 is 14.8 Å². The molecule has 35 heavy (non-hydrogen) atoms. The molecule has 1 aliphatic heterocycles. The van der Waals surface area contributed by atoms with Crippen LogP contribution in [0.5, 0.6) is 11.5 Å². The molecule has 182 valence electrons. The number of nitrogens with zero attached hydrogens (tertiary/aromatic N) is 2. The minimum absolute atomic E-state index is 0.202. The minimum Gasteiger partial charge on any atom is -0.497 e. The average Bonchev–Trinajstić information content (AvgIpc) is 3.37. The van der Waals surface area contributed by atoms with Gasteiger partial charge < -0.3 is 24.5 Å². The van der Waals surface area contributed by atoms with Crippen LogP contribution in [-0.2, 0) is 17.8 Å². The number of amides is 2. The number of methoxy groups -OCH3 is 2. The molecular weight excluding hydrogens is 442 g/mol. The van der Waals surface area contributed by atoms with Gasteiger partial charge in [0, 0.05) is 24.2 Å². The maximum Gasteiger partial charge on any atom is 0.322 e. The minimum atomic E-state index is -0.270. The van der Waals surface area contributed by atoms with Crippen molar-refractivity contribution in [1.82, 2.24) is 4.90 Å². The standard InChI is InChI=1S/C28H31N3O4/c1-4-20-12-14-22(15-13-20)29-28(32)31(18-21-8-7-9-23(16-21)33-2)19-24-17-26(30-35-24)25-10-5-6-11-27(25)34-3/h5-16,24H,4,17-19H2,1-3H3,(H,29,32). The molecule has 3 aromatic carbocycles. The first-order chi connectivity index (χ1) is 17.1. The van der Waals surface area contributed by atoms with Gasteiger partial charge in [-0.3, -0.25) is 0 Å². The summed E-state index contributed by atoms with van der Waals surface area (Å²) in [6, 6.07) is 23.1. The van der Waals surface area contributed by atoms with Crippen LogP contribution in [-0.4, -0.2) is 43.5 Å². The van der Waals surface area contributed by atoms with Crippen molar-refractivity contribution < 1.29 is 19.1 Å². The predicted molar refractivity (Wildman–Crippen MR) is 137 cm³/mol. The van der Waals surface area contributed by atoms with Gasteiger partial charge >= 0.3 is 6.03 Å². The Labute approximate surface area is 206 Å². The van der Waals surface area contributed by atoms with Crippen molar-refractivity contribution in [1.29, 1.82) is 0 Å². The summed E-state index contributed by atoms with van der Waals surface area (Å²) < 4.78 is 10.8. The molecule has 0 saturated carbocycles. The molecule has 1 heterocycles. The fraction of sp³-hybridized carbons (Fsp3) is 0.286. The molecule has 2 amide bonds. The predicted octanol–water partition coefficient (Wildman–Crippen LogP) is 5.49. The number of urea groups is 1. The summed E-state index contributed by atoms with van der Waals surface area (Å²) in [7, 11) is 3.27. The van der Waals surface area contributed by atoms with Crippen LogP contribution in [0.25, 0.3) is 0 Å².